The van der Waals surface area contributed by atoms with E-state index in [0.29, 0.717) is 29.0 Å². The van der Waals surface area contributed by atoms with Crippen LogP contribution >= 0.6 is 15.9 Å². The van der Waals surface area contributed by atoms with Crippen LogP contribution in [0.5, 0.6) is 5.75 Å². The van der Waals surface area contributed by atoms with Gasteiger partial charge in [0, 0.05) is 0 Å². The first kappa shape index (κ1) is 17.7. The molecule has 1 saturated carbocycles. The third-order valence-corrected chi connectivity index (χ3v) is 5.38. The molecule has 1 spiro atoms. The number of imide groups is 1. The standard InChI is InChI=1S/C17H20BrN3O4/c1-11-6-8-17(9-7-11)15(23)21(16(24)19-17)20-14(22)10-25-13-5-3-2-4-12(13)18/h2-5,11H,6-10H2,1H3,(H,19,24)(H,20,22). The zero-order chi connectivity index (χ0) is 18.0. The van der Waals surface area contributed by atoms with E-state index >= 15 is 0 Å². The molecule has 3 rings (SSSR count). The summed E-state index contributed by atoms with van der Waals surface area (Å²) < 4.78 is 6.12. The molecule has 134 valence electrons. The van der Waals surface area contributed by atoms with E-state index in [0.717, 1.165) is 17.9 Å². The Labute approximate surface area is 154 Å². The monoisotopic (exact) mass is 409 g/mol. The fourth-order valence-corrected chi connectivity index (χ4v) is 3.58. The average molecular weight is 410 g/mol. The van der Waals surface area contributed by atoms with E-state index in [9.17, 15) is 14.4 Å². The minimum atomic E-state index is -0.875. The first-order chi connectivity index (χ1) is 11.9. The number of hydrogen-bond acceptors (Lipinski definition) is 4. The molecule has 0 aromatic heterocycles. The number of halogens is 1. The first-order valence-electron chi connectivity index (χ1n) is 8.25. The number of carbonyl (C=O) groups excluding carboxylic acids is 3. The maximum absolute atomic E-state index is 12.6. The summed E-state index contributed by atoms with van der Waals surface area (Å²) in [5.41, 5.74) is 1.47. The highest BCUT2D eigenvalue weighted by molar-refractivity contribution is 9.10. The van der Waals surface area contributed by atoms with Gasteiger partial charge >= 0.3 is 6.03 Å². The van der Waals surface area contributed by atoms with Gasteiger partial charge in [0.15, 0.2) is 6.61 Å². The maximum atomic E-state index is 12.6. The van der Waals surface area contributed by atoms with Gasteiger partial charge in [0.1, 0.15) is 11.3 Å². The molecule has 4 amide bonds. The van der Waals surface area contributed by atoms with Crippen LogP contribution in [0.3, 0.4) is 0 Å². The van der Waals surface area contributed by atoms with Gasteiger partial charge in [-0.05, 0) is 59.7 Å². The number of carbonyl (C=O) groups is 3. The van der Waals surface area contributed by atoms with Crippen molar-refractivity contribution in [2.24, 2.45) is 5.92 Å². The van der Waals surface area contributed by atoms with Crippen LogP contribution in [0, 0.1) is 5.92 Å². The van der Waals surface area contributed by atoms with Gasteiger partial charge < -0.3 is 10.1 Å². The maximum Gasteiger partial charge on any atom is 0.344 e. The molecule has 1 aromatic rings. The molecule has 2 fully saturated rings. The molecule has 7 nitrogen and oxygen atoms in total. The van der Waals surface area contributed by atoms with Crippen LogP contribution in [0.4, 0.5) is 4.79 Å². The van der Waals surface area contributed by atoms with Crippen molar-refractivity contribution in [1.82, 2.24) is 15.8 Å². The van der Waals surface area contributed by atoms with Gasteiger partial charge in [-0.2, -0.15) is 5.01 Å². The van der Waals surface area contributed by atoms with Gasteiger partial charge in [-0.1, -0.05) is 19.1 Å². The van der Waals surface area contributed by atoms with Crippen molar-refractivity contribution in [2.45, 2.75) is 38.1 Å². The third kappa shape index (κ3) is 3.63. The molecule has 1 heterocycles. The lowest BCUT2D eigenvalue weighted by Crippen LogP contribution is -2.52. The van der Waals surface area contributed by atoms with E-state index in [4.69, 9.17) is 4.74 Å². The molecule has 0 radical (unpaired) electrons. The fourth-order valence-electron chi connectivity index (χ4n) is 3.18. The Balaban J connectivity index is 1.59. The van der Waals surface area contributed by atoms with Crippen LogP contribution in [0.2, 0.25) is 0 Å². The molecule has 2 aliphatic rings. The van der Waals surface area contributed by atoms with E-state index in [2.05, 4.69) is 33.6 Å². The SMILES string of the molecule is CC1CCC2(CC1)NC(=O)N(NC(=O)COc1ccccc1Br)C2=O. The number of nitrogens with zero attached hydrogens (tertiary/aromatic N) is 1. The molecule has 8 heteroatoms. The lowest BCUT2D eigenvalue weighted by molar-refractivity contribution is -0.140. The fraction of sp³-hybridized carbons (Fsp3) is 0.471. The highest BCUT2D eigenvalue weighted by atomic mass is 79.9. The molecule has 1 aliphatic carbocycles. The average Bonchev–Trinajstić information content (AvgIpc) is 2.81. The second-order valence-electron chi connectivity index (χ2n) is 6.59. The van der Waals surface area contributed by atoms with Gasteiger partial charge in [0.05, 0.1) is 4.47 Å². The van der Waals surface area contributed by atoms with E-state index < -0.39 is 23.4 Å². The highest BCUT2D eigenvalue weighted by Crippen LogP contribution is 2.35. The van der Waals surface area contributed by atoms with E-state index in [1.165, 1.54) is 0 Å². The molecule has 2 N–H and O–H groups in total. The third-order valence-electron chi connectivity index (χ3n) is 4.72. The molecule has 1 saturated heterocycles. The molecule has 1 aromatic carbocycles. The zero-order valence-electron chi connectivity index (χ0n) is 13.9. The van der Waals surface area contributed by atoms with Crippen LogP contribution in [0.25, 0.3) is 0 Å². The molecule has 0 atom stereocenters. The Morgan fingerprint density at radius 1 is 1.36 bits per heavy atom. The van der Waals surface area contributed by atoms with Crippen molar-refractivity contribution < 1.29 is 19.1 Å². The Kier molecular flexibility index (Phi) is 4.99. The van der Waals surface area contributed by atoms with Gasteiger partial charge in [-0.15, -0.1) is 0 Å². The molecular formula is C17H20BrN3O4. The summed E-state index contributed by atoms with van der Waals surface area (Å²) in [4.78, 5) is 36.8. The van der Waals surface area contributed by atoms with Gasteiger partial charge in [-0.3, -0.25) is 15.0 Å². The second kappa shape index (κ2) is 7.03. The van der Waals surface area contributed by atoms with Crippen LogP contribution in [0.1, 0.15) is 32.6 Å². The highest BCUT2D eigenvalue weighted by Gasteiger charge is 2.52. The van der Waals surface area contributed by atoms with Crippen molar-refractivity contribution in [3.8, 4) is 5.75 Å². The number of nitrogens with one attached hydrogen (secondary N) is 2. The summed E-state index contributed by atoms with van der Waals surface area (Å²) in [6.07, 6.45) is 2.94. The number of amides is 4. The first-order valence-corrected chi connectivity index (χ1v) is 9.04. The van der Waals surface area contributed by atoms with Crippen molar-refractivity contribution >= 4 is 33.8 Å². The number of rotatable bonds is 4. The summed E-state index contributed by atoms with van der Waals surface area (Å²) >= 11 is 3.32. The number of benzene rings is 1. The summed E-state index contributed by atoms with van der Waals surface area (Å²) in [6, 6.07) is 6.52. The van der Waals surface area contributed by atoms with Crippen molar-refractivity contribution in [1.29, 1.82) is 0 Å². The van der Waals surface area contributed by atoms with Crippen LogP contribution in [-0.4, -0.2) is 35.0 Å². The smallest absolute Gasteiger partial charge is 0.344 e. The summed E-state index contributed by atoms with van der Waals surface area (Å²) in [7, 11) is 0. The second-order valence-corrected chi connectivity index (χ2v) is 7.44. The normalized spacial score (nSPS) is 25.8. The number of hydrogen-bond donors (Lipinski definition) is 2. The molecule has 0 unspecified atom stereocenters. The summed E-state index contributed by atoms with van der Waals surface area (Å²) in [6.45, 7) is 1.83. The quantitative estimate of drug-likeness (QED) is 0.747. The van der Waals surface area contributed by atoms with Gasteiger partial charge in [0.2, 0.25) is 0 Å². The Morgan fingerprint density at radius 2 is 2.04 bits per heavy atom. The van der Waals surface area contributed by atoms with Crippen molar-refractivity contribution in [3.05, 3.63) is 28.7 Å². The number of ether oxygens (including phenoxy) is 1. The zero-order valence-corrected chi connectivity index (χ0v) is 15.5. The van der Waals surface area contributed by atoms with Crippen LogP contribution in [-0.2, 0) is 9.59 Å². The van der Waals surface area contributed by atoms with Crippen LogP contribution < -0.4 is 15.5 Å². The number of hydrazine groups is 1. The van der Waals surface area contributed by atoms with Crippen molar-refractivity contribution in [3.63, 3.8) is 0 Å². The summed E-state index contributed by atoms with van der Waals surface area (Å²) in [5, 5.41) is 3.53. The Morgan fingerprint density at radius 3 is 2.72 bits per heavy atom. The van der Waals surface area contributed by atoms with Gasteiger partial charge in [0.25, 0.3) is 11.8 Å². The molecule has 1 aliphatic heterocycles. The predicted octanol–water partition coefficient (Wildman–Crippen LogP) is 2.36. The lowest BCUT2D eigenvalue weighted by Gasteiger charge is -2.33. The topological polar surface area (TPSA) is 87.7 Å². The largest absolute Gasteiger partial charge is 0.483 e. The molecule has 0 bridgehead atoms. The Hall–Kier alpha value is -2.09. The van der Waals surface area contributed by atoms with E-state index in [-0.39, 0.29) is 6.61 Å². The van der Waals surface area contributed by atoms with E-state index in [1.807, 2.05) is 6.07 Å². The molecular weight excluding hydrogens is 390 g/mol. The van der Waals surface area contributed by atoms with Crippen molar-refractivity contribution in [2.75, 3.05) is 6.61 Å². The number of para-hydroxylation sites is 1. The minimum absolute atomic E-state index is 0.302. The number of urea groups is 1. The predicted molar refractivity (Wildman–Crippen MR) is 93.5 cm³/mol. The van der Waals surface area contributed by atoms with Gasteiger partial charge in [-0.25, -0.2) is 4.79 Å². The lowest BCUT2D eigenvalue weighted by atomic mass is 9.77. The Bertz CT molecular complexity index is 701. The van der Waals surface area contributed by atoms with E-state index in [1.54, 1.807) is 18.2 Å². The molecule has 25 heavy (non-hydrogen) atoms. The minimum Gasteiger partial charge on any atom is -0.483 e. The van der Waals surface area contributed by atoms with Crippen LogP contribution in [0.15, 0.2) is 28.7 Å². The summed E-state index contributed by atoms with van der Waals surface area (Å²) in [5.74, 6) is 0.0865.